The Hall–Kier alpha value is -2.56. The van der Waals surface area contributed by atoms with Crippen LogP contribution in [0.25, 0.3) is 10.8 Å². The van der Waals surface area contributed by atoms with Gasteiger partial charge in [-0.25, -0.2) is 0 Å². The average molecular weight is 383 g/mol. The van der Waals surface area contributed by atoms with Gasteiger partial charge >= 0.3 is 0 Å². The van der Waals surface area contributed by atoms with Crippen molar-refractivity contribution in [2.45, 2.75) is 51.5 Å². The van der Waals surface area contributed by atoms with E-state index >= 15 is 0 Å². The van der Waals surface area contributed by atoms with E-state index in [1.165, 1.54) is 0 Å². The van der Waals surface area contributed by atoms with Crippen molar-refractivity contribution in [1.82, 2.24) is 10.2 Å². The molecule has 0 aromatic heterocycles. The van der Waals surface area contributed by atoms with Crippen LogP contribution in [0.3, 0.4) is 0 Å². The third kappa shape index (κ3) is 4.46. The van der Waals surface area contributed by atoms with Gasteiger partial charge in [0.1, 0.15) is 11.3 Å². The largest absolute Gasteiger partial charge is 0.484 e. The van der Waals surface area contributed by atoms with Crippen LogP contribution in [0.15, 0.2) is 42.5 Å². The molecule has 1 aliphatic carbocycles. The lowest BCUT2D eigenvalue weighted by atomic mass is 9.80. The minimum Gasteiger partial charge on any atom is -0.484 e. The Bertz CT molecular complexity index is 823. The van der Waals surface area contributed by atoms with E-state index in [9.17, 15) is 9.59 Å². The number of hydrogen-bond donors (Lipinski definition) is 1. The van der Waals surface area contributed by atoms with E-state index in [2.05, 4.69) is 5.32 Å². The van der Waals surface area contributed by atoms with Crippen LogP contribution >= 0.6 is 0 Å². The quantitative estimate of drug-likeness (QED) is 0.790. The number of hydrogen-bond acceptors (Lipinski definition) is 3. The normalized spacial score (nSPS) is 15.8. The molecule has 3 rings (SSSR count). The van der Waals surface area contributed by atoms with Gasteiger partial charge in [0.25, 0.3) is 5.91 Å². The highest BCUT2D eigenvalue weighted by Crippen LogP contribution is 2.30. The third-order valence-corrected chi connectivity index (χ3v) is 5.64. The highest BCUT2D eigenvalue weighted by Gasteiger charge is 2.42. The average Bonchev–Trinajstić information content (AvgIpc) is 2.73. The summed E-state index contributed by atoms with van der Waals surface area (Å²) in [6, 6.07) is 13.8. The number of carbonyl (C=O) groups is 2. The number of nitrogens with zero attached hydrogens (tertiary/aromatic N) is 1. The fourth-order valence-corrected chi connectivity index (χ4v) is 4.07. The Morgan fingerprint density at radius 1 is 1.00 bits per heavy atom. The van der Waals surface area contributed by atoms with Crippen LogP contribution in [0.2, 0.25) is 0 Å². The van der Waals surface area contributed by atoms with Crippen LogP contribution in [0, 0.1) is 0 Å². The predicted octanol–water partition coefficient (Wildman–Crippen LogP) is 3.91. The summed E-state index contributed by atoms with van der Waals surface area (Å²) in [6.07, 6.45) is 4.42. The minimum absolute atomic E-state index is 0.0382. The SMILES string of the molecule is CCN(CC)C(=O)C1(NC(=O)COc2ccc3ccccc3c2)CCCCC1. The summed E-state index contributed by atoms with van der Waals surface area (Å²) in [5.41, 5.74) is -0.784. The molecule has 1 aliphatic rings. The van der Waals surface area contributed by atoms with Gasteiger partial charge in [-0.1, -0.05) is 49.6 Å². The maximum Gasteiger partial charge on any atom is 0.258 e. The molecule has 2 aromatic carbocycles. The van der Waals surface area contributed by atoms with E-state index in [0.29, 0.717) is 31.7 Å². The molecule has 0 unspecified atom stereocenters. The molecule has 1 fully saturated rings. The summed E-state index contributed by atoms with van der Waals surface area (Å²) >= 11 is 0. The number of carbonyl (C=O) groups excluding carboxylic acids is 2. The Kier molecular flexibility index (Phi) is 6.55. The van der Waals surface area contributed by atoms with Gasteiger partial charge in [0.2, 0.25) is 5.91 Å². The number of amides is 2. The van der Waals surface area contributed by atoms with E-state index < -0.39 is 5.54 Å². The molecule has 1 saturated carbocycles. The van der Waals surface area contributed by atoms with Gasteiger partial charge < -0.3 is 15.0 Å². The van der Waals surface area contributed by atoms with Crippen molar-refractivity contribution >= 4 is 22.6 Å². The zero-order valence-corrected chi connectivity index (χ0v) is 16.9. The van der Waals surface area contributed by atoms with Crippen LogP contribution in [0.1, 0.15) is 46.0 Å². The van der Waals surface area contributed by atoms with Crippen LogP contribution in [0.5, 0.6) is 5.75 Å². The maximum atomic E-state index is 13.1. The second-order valence-electron chi connectivity index (χ2n) is 7.47. The molecule has 0 radical (unpaired) electrons. The van der Waals surface area contributed by atoms with Crippen molar-refractivity contribution in [2.24, 2.45) is 0 Å². The van der Waals surface area contributed by atoms with Crippen LogP contribution < -0.4 is 10.1 Å². The summed E-state index contributed by atoms with van der Waals surface area (Å²) < 4.78 is 5.72. The Morgan fingerprint density at radius 3 is 2.36 bits per heavy atom. The molecule has 5 nitrogen and oxygen atoms in total. The third-order valence-electron chi connectivity index (χ3n) is 5.64. The molecule has 0 saturated heterocycles. The predicted molar refractivity (Wildman–Crippen MR) is 111 cm³/mol. The zero-order valence-electron chi connectivity index (χ0n) is 16.9. The van der Waals surface area contributed by atoms with Gasteiger partial charge in [0.15, 0.2) is 6.61 Å². The molecule has 28 heavy (non-hydrogen) atoms. The van der Waals surface area contributed by atoms with E-state index in [-0.39, 0.29) is 18.4 Å². The number of ether oxygens (including phenoxy) is 1. The van der Waals surface area contributed by atoms with E-state index in [1.807, 2.05) is 61.2 Å². The summed E-state index contributed by atoms with van der Waals surface area (Å²) in [6.45, 7) is 5.16. The molecule has 150 valence electrons. The van der Waals surface area contributed by atoms with Gasteiger partial charge in [-0.15, -0.1) is 0 Å². The van der Waals surface area contributed by atoms with Crippen molar-refractivity contribution in [2.75, 3.05) is 19.7 Å². The van der Waals surface area contributed by atoms with Gasteiger partial charge in [0.05, 0.1) is 0 Å². The summed E-state index contributed by atoms with van der Waals surface area (Å²) in [5, 5.41) is 5.23. The monoisotopic (exact) mass is 382 g/mol. The smallest absolute Gasteiger partial charge is 0.258 e. The first-order valence-electron chi connectivity index (χ1n) is 10.3. The van der Waals surface area contributed by atoms with E-state index in [1.54, 1.807) is 0 Å². The first-order chi connectivity index (χ1) is 13.6. The van der Waals surface area contributed by atoms with E-state index in [0.717, 1.165) is 30.0 Å². The highest BCUT2D eigenvalue weighted by molar-refractivity contribution is 5.92. The first-order valence-corrected chi connectivity index (χ1v) is 10.3. The Balaban J connectivity index is 1.66. The van der Waals surface area contributed by atoms with Gasteiger partial charge in [0, 0.05) is 13.1 Å². The fraction of sp³-hybridized carbons (Fsp3) is 0.478. The summed E-state index contributed by atoms with van der Waals surface area (Å²) in [4.78, 5) is 27.6. The number of rotatable bonds is 7. The molecule has 5 heteroatoms. The van der Waals surface area contributed by atoms with Crippen molar-refractivity contribution in [3.8, 4) is 5.75 Å². The zero-order chi connectivity index (χ0) is 20.0. The fourth-order valence-electron chi connectivity index (χ4n) is 4.07. The molecular weight excluding hydrogens is 352 g/mol. The molecule has 0 heterocycles. The molecule has 1 N–H and O–H groups in total. The van der Waals surface area contributed by atoms with Crippen LogP contribution in [-0.4, -0.2) is 41.9 Å². The molecule has 2 aromatic rings. The van der Waals surface area contributed by atoms with Crippen LogP contribution in [-0.2, 0) is 9.59 Å². The standard InChI is InChI=1S/C23H30N2O3/c1-3-25(4-2)22(27)23(14-8-5-9-15-23)24-21(26)17-28-20-13-12-18-10-6-7-11-19(18)16-20/h6-7,10-13,16H,3-5,8-9,14-15,17H2,1-2H3,(H,24,26). The Morgan fingerprint density at radius 2 is 1.68 bits per heavy atom. The lowest BCUT2D eigenvalue weighted by Gasteiger charge is -2.40. The van der Waals surface area contributed by atoms with Gasteiger partial charge in [-0.2, -0.15) is 0 Å². The number of fused-ring (bicyclic) bond motifs is 1. The lowest BCUT2D eigenvalue weighted by molar-refractivity contribution is -0.143. The molecule has 0 aliphatic heterocycles. The van der Waals surface area contributed by atoms with E-state index in [4.69, 9.17) is 4.74 Å². The number of benzene rings is 2. The first kappa shape index (κ1) is 20.2. The van der Waals surface area contributed by atoms with Gasteiger partial charge in [-0.3, -0.25) is 9.59 Å². The summed E-state index contributed by atoms with van der Waals surface area (Å²) in [7, 11) is 0. The maximum absolute atomic E-state index is 13.1. The topological polar surface area (TPSA) is 58.6 Å². The van der Waals surface area contributed by atoms with Crippen molar-refractivity contribution in [3.63, 3.8) is 0 Å². The van der Waals surface area contributed by atoms with Crippen LogP contribution in [0.4, 0.5) is 0 Å². The molecular formula is C23H30N2O3. The number of nitrogens with one attached hydrogen (secondary N) is 1. The lowest BCUT2D eigenvalue weighted by Crippen LogP contribution is -2.61. The van der Waals surface area contributed by atoms with Crippen molar-refractivity contribution < 1.29 is 14.3 Å². The molecule has 0 bridgehead atoms. The van der Waals surface area contributed by atoms with Gasteiger partial charge in [-0.05, 0) is 49.6 Å². The summed E-state index contributed by atoms with van der Waals surface area (Å²) in [5.74, 6) is 0.452. The van der Waals surface area contributed by atoms with Crippen molar-refractivity contribution in [3.05, 3.63) is 42.5 Å². The molecule has 0 spiro atoms. The Labute approximate surface area is 167 Å². The van der Waals surface area contributed by atoms with Crippen molar-refractivity contribution in [1.29, 1.82) is 0 Å². The molecule has 2 amide bonds. The number of likely N-dealkylation sites (N-methyl/N-ethyl adjacent to an activating group) is 1. The highest BCUT2D eigenvalue weighted by atomic mass is 16.5. The molecule has 0 atom stereocenters. The second kappa shape index (κ2) is 9.09. The second-order valence-corrected chi connectivity index (χ2v) is 7.47. The minimum atomic E-state index is -0.784.